The first-order valence-corrected chi connectivity index (χ1v) is 6.59. The van der Waals surface area contributed by atoms with Crippen LogP contribution in [0.3, 0.4) is 0 Å². The number of hydrogen-bond donors (Lipinski definition) is 2. The van der Waals surface area contributed by atoms with Crippen molar-refractivity contribution in [1.82, 2.24) is 10.6 Å². The van der Waals surface area contributed by atoms with Crippen molar-refractivity contribution in [1.29, 1.82) is 0 Å². The second-order valence-corrected chi connectivity index (χ2v) is 4.35. The van der Waals surface area contributed by atoms with Crippen LogP contribution in [0.1, 0.15) is 31.9 Å². The first kappa shape index (κ1) is 16.9. The minimum Gasteiger partial charge on any atom is -0.450 e. The van der Waals surface area contributed by atoms with Gasteiger partial charge in [0.05, 0.1) is 12.6 Å². The topological polar surface area (TPSA) is 67.4 Å². The van der Waals surface area contributed by atoms with Crippen LogP contribution in [0.25, 0.3) is 0 Å². The van der Waals surface area contributed by atoms with Gasteiger partial charge in [-0.15, -0.1) is 0 Å². The van der Waals surface area contributed by atoms with E-state index in [0.717, 1.165) is 18.2 Å². The quantitative estimate of drug-likeness (QED) is 0.847. The molecule has 1 aromatic rings. The second kappa shape index (κ2) is 8.18. The van der Waals surface area contributed by atoms with Gasteiger partial charge in [0.1, 0.15) is 11.6 Å². The molecule has 0 aliphatic rings. The maximum absolute atomic E-state index is 13.5. The fraction of sp³-hybridized carbons (Fsp3) is 0.429. The highest BCUT2D eigenvalue weighted by Gasteiger charge is 2.14. The molecule has 0 saturated heterocycles. The van der Waals surface area contributed by atoms with E-state index in [1.165, 1.54) is 0 Å². The van der Waals surface area contributed by atoms with E-state index < -0.39 is 23.8 Å². The number of carbonyl (C=O) groups is 2. The number of nitrogens with one attached hydrogen (secondary N) is 2. The zero-order chi connectivity index (χ0) is 15.8. The number of benzene rings is 1. The van der Waals surface area contributed by atoms with E-state index in [1.807, 2.05) is 0 Å². The van der Waals surface area contributed by atoms with Gasteiger partial charge in [-0.25, -0.2) is 13.6 Å². The molecule has 0 heterocycles. The molecule has 21 heavy (non-hydrogen) atoms. The fourth-order valence-corrected chi connectivity index (χ4v) is 1.70. The summed E-state index contributed by atoms with van der Waals surface area (Å²) in [6.07, 6.45) is -0.588. The van der Waals surface area contributed by atoms with Crippen LogP contribution in [0.2, 0.25) is 0 Å². The number of ether oxygens (including phenoxy) is 1. The van der Waals surface area contributed by atoms with Crippen LogP contribution in [0.15, 0.2) is 18.2 Å². The molecule has 5 nitrogen and oxygen atoms in total. The summed E-state index contributed by atoms with van der Waals surface area (Å²) in [5, 5.41) is 4.92. The molecule has 0 aromatic heterocycles. The number of halogens is 2. The molecule has 0 fully saturated rings. The Morgan fingerprint density at radius 1 is 1.33 bits per heavy atom. The summed E-state index contributed by atoms with van der Waals surface area (Å²) in [5.41, 5.74) is 0.0710. The molecular weight excluding hydrogens is 282 g/mol. The van der Waals surface area contributed by atoms with Gasteiger partial charge in [-0.05, 0) is 32.0 Å². The number of hydrogen-bond acceptors (Lipinski definition) is 3. The molecule has 1 unspecified atom stereocenters. The first-order valence-electron chi connectivity index (χ1n) is 6.59. The third-order valence-corrected chi connectivity index (χ3v) is 2.70. The van der Waals surface area contributed by atoms with Crippen LogP contribution in [-0.2, 0) is 9.53 Å². The summed E-state index contributed by atoms with van der Waals surface area (Å²) >= 11 is 0. The standard InChI is InChI=1S/C14H18F2N2O3/c1-3-21-14(20)17-7-6-13(19)18-9(2)11-8-10(15)4-5-12(11)16/h4-5,8-9H,3,6-7H2,1-2H3,(H,17,20)(H,18,19). The van der Waals surface area contributed by atoms with E-state index in [9.17, 15) is 18.4 Å². The predicted molar refractivity (Wildman–Crippen MR) is 72.6 cm³/mol. The summed E-state index contributed by atoms with van der Waals surface area (Å²) in [6.45, 7) is 3.56. The van der Waals surface area contributed by atoms with Crippen LogP contribution in [0, 0.1) is 11.6 Å². The van der Waals surface area contributed by atoms with Crippen molar-refractivity contribution in [3.8, 4) is 0 Å². The summed E-state index contributed by atoms with van der Waals surface area (Å²) in [4.78, 5) is 22.6. The zero-order valence-corrected chi connectivity index (χ0v) is 11.9. The molecule has 116 valence electrons. The number of carbonyl (C=O) groups excluding carboxylic acids is 2. The smallest absolute Gasteiger partial charge is 0.407 e. The van der Waals surface area contributed by atoms with E-state index in [1.54, 1.807) is 13.8 Å². The molecule has 0 aliphatic carbocycles. The molecule has 1 rings (SSSR count). The van der Waals surface area contributed by atoms with Crippen LogP contribution in [0.5, 0.6) is 0 Å². The summed E-state index contributed by atoms with van der Waals surface area (Å²) in [5.74, 6) is -1.55. The molecule has 2 amide bonds. The van der Waals surface area contributed by atoms with Gasteiger partial charge in [0.25, 0.3) is 0 Å². The van der Waals surface area contributed by atoms with E-state index in [2.05, 4.69) is 15.4 Å². The van der Waals surface area contributed by atoms with Crippen LogP contribution >= 0.6 is 0 Å². The molecule has 0 saturated carbocycles. The minimum absolute atomic E-state index is 0.0140. The Bertz CT molecular complexity index is 509. The lowest BCUT2D eigenvalue weighted by Crippen LogP contribution is -2.32. The van der Waals surface area contributed by atoms with Gasteiger partial charge in [0.2, 0.25) is 5.91 Å². The lowest BCUT2D eigenvalue weighted by Gasteiger charge is -2.15. The van der Waals surface area contributed by atoms with Gasteiger partial charge in [-0.1, -0.05) is 0 Å². The SMILES string of the molecule is CCOC(=O)NCCC(=O)NC(C)c1cc(F)ccc1F. The molecule has 0 aliphatic heterocycles. The number of rotatable bonds is 6. The van der Waals surface area contributed by atoms with Crippen molar-refractivity contribution in [3.05, 3.63) is 35.4 Å². The van der Waals surface area contributed by atoms with Gasteiger partial charge >= 0.3 is 6.09 Å². The third kappa shape index (κ3) is 5.76. The average Bonchev–Trinajstić information content (AvgIpc) is 2.41. The van der Waals surface area contributed by atoms with Crippen LogP contribution < -0.4 is 10.6 Å². The average molecular weight is 300 g/mol. The molecule has 1 aromatic carbocycles. The van der Waals surface area contributed by atoms with Crippen molar-refractivity contribution in [2.45, 2.75) is 26.3 Å². The minimum atomic E-state index is -0.671. The van der Waals surface area contributed by atoms with Crippen LogP contribution in [-0.4, -0.2) is 25.2 Å². The van der Waals surface area contributed by atoms with Gasteiger partial charge in [-0.2, -0.15) is 0 Å². The monoisotopic (exact) mass is 300 g/mol. The van der Waals surface area contributed by atoms with Crippen molar-refractivity contribution in [2.75, 3.05) is 13.2 Å². The predicted octanol–water partition coefficient (Wildman–Crippen LogP) is 2.28. The van der Waals surface area contributed by atoms with Gasteiger partial charge in [0, 0.05) is 18.5 Å². The van der Waals surface area contributed by atoms with Gasteiger partial charge < -0.3 is 15.4 Å². The Balaban J connectivity index is 2.43. The van der Waals surface area contributed by atoms with Crippen molar-refractivity contribution in [3.63, 3.8) is 0 Å². The largest absolute Gasteiger partial charge is 0.450 e. The molecule has 2 N–H and O–H groups in total. The molecule has 1 atom stereocenters. The molecule has 0 radical (unpaired) electrons. The maximum atomic E-state index is 13.5. The van der Waals surface area contributed by atoms with E-state index in [-0.39, 0.29) is 31.0 Å². The Labute approximate surface area is 121 Å². The molecule has 7 heteroatoms. The van der Waals surface area contributed by atoms with Crippen LogP contribution in [0.4, 0.5) is 13.6 Å². The lowest BCUT2D eigenvalue weighted by molar-refractivity contribution is -0.121. The number of alkyl carbamates (subject to hydrolysis) is 1. The summed E-state index contributed by atoms with van der Waals surface area (Å²) in [7, 11) is 0. The van der Waals surface area contributed by atoms with Crippen molar-refractivity contribution >= 4 is 12.0 Å². The molecule has 0 bridgehead atoms. The fourth-order valence-electron chi connectivity index (χ4n) is 1.70. The highest BCUT2D eigenvalue weighted by atomic mass is 19.1. The first-order chi connectivity index (χ1) is 9.93. The van der Waals surface area contributed by atoms with E-state index >= 15 is 0 Å². The Hall–Kier alpha value is -2.18. The normalized spacial score (nSPS) is 11.6. The van der Waals surface area contributed by atoms with Gasteiger partial charge in [-0.3, -0.25) is 4.79 Å². The second-order valence-electron chi connectivity index (χ2n) is 4.35. The highest BCUT2D eigenvalue weighted by Crippen LogP contribution is 2.17. The van der Waals surface area contributed by atoms with Gasteiger partial charge in [0.15, 0.2) is 0 Å². The van der Waals surface area contributed by atoms with Crippen molar-refractivity contribution in [2.24, 2.45) is 0 Å². The third-order valence-electron chi connectivity index (χ3n) is 2.70. The Kier molecular flexibility index (Phi) is 6.58. The Morgan fingerprint density at radius 2 is 2.05 bits per heavy atom. The highest BCUT2D eigenvalue weighted by molar-refractivity contribution is 5.77. The van der Waals surface area contributed by atoms with Crippen molar-refractivity contribution < 1.29 is 23.1 Å². The van der Waals surface area contributed by atoms with E-state index in [0.29, 0.717) is 0 Å². The molecular formula is C14H18F2N2O3. The molecule has 0 spiro atoms. The summed E-state index contributed by atoms with van der Waals surface area (Å²) in [6, 6.07) is 2.39. The lowest BCUT2D eigenvalue weighted by atomic mass is 10.1. The maximum Gasteiger partial charge on any atom is 0.407 e. The summed E-state index contributed by atoms with van der Waals surface area (Å²) < 4.78 is 31.2. The Morgan fingerprint density at radius 3 is 2.71 bits per heavy atom. The number of amides is 2. The van der Waals surface area contributed by atoms with E-state index in [4.69, 9.17) is 0 Å². The zero-order valence-electron chi connectivity index (χ0n) is 11.9.